The highest BCUT2D eigenvalue weighted by Gasteiger charge is 2.42. The molecule has 1 aliphatic carbocycles. The Morgan fingerprint density at radius 3 is 2.89 bits per heavy atom. The molecule has 2 nitrogen and oxygen atoms in total. The number of hydrogen-bond donors (Lipinski definition) is 1. The molecule has 3 heteroatoms. The average molecular weight is 310 g/mol. The van der Waals surface area contributed by atoms with E-state index in [4.69, 9.17) is 4.74 Å². The fourth-order valence-electron chi connectivity index (χ4n) is 3.04. The maximum absolute atomic E-state index is 5.96. The second-order valence-corrected chi connectivity index (χ2v) is 6.54. The number of hydrogen-bond acceptors (Lipinski definition) is 2. The Balaban J connectivity index is 1.66. The first kappa shape index (κ1) is 12.5. The zero-order chi connectivity index (χ0) is 12.6. The van der Waals surface area contributed by atoms with Gasteiger partial charge in [-0.1, -0.05) is 15.9 Å². The highest BCUT2D eigenvalue weighted by Crippen LogP contribution is 2.42. The number of nitrogens with one attached hydrogen (secondary N) is 1. The molecule has 0 bridgehead atoms. The van der Waals surface area contributed by atoms with Crippen LogP contribution in [-0.4, -0.2) is 18.2 Å². The Kier molecular flexibility index (Phi) is 3.37. The van der Waals surface area contributed by atoms with Crippen molar-refractivity contribution in [3.8, 4) is 0 Å². The van der Waals surface area contributed by atoms with Crippen molar-refractivity contribution in [2.24, 2.45) is 0 Å². The van der Waals surface area contributed by atoms with Crippen LogP contribution in [0, 0.1) is 6.92 Å². The molecule has 1 saturated carbocycles. The zero-order valence-corrected chi connectivity index (χ0v) is 12.4. The summed E-state index contributed by atoms with van der Waals surface area (Å²) in [6.07, 6.45) is 6.14. The molecule has 0 aromatic heterocycles. The van der Waals surface area contributed by atoms with Gasteiger partial charge in [0.05, 0.1) is 5.60 Å². The molecule has 1 N–H and O–H groups in total. The van der Waals surface area contributed by atoms with E-state index in [2.05, 4.69) is 46.4 Å². The summed E-state index contributed by atoms with van der Waals surface area (Å²) >= 11 is 3.55. The van der Waals surface area contributed by atoms with Crippen molar-refractivity contribution in [3.63, 3.8) is 0 Å². The number of anilines is 1. The largest absolute Gasteiger partial charge is 0.382 e. The fourth-order valence-corrected chi connectivity index (χ4v) is 3.29. The van der Waals surface area contributed by atoms with Crippen molar-refractivity contribution in [1.29, 1.82) is 0 Å². The van der Waals surface area contributed by atoms with Gasteiger partial charge in [-0.05, 0) is 62.8 Å². The van der Waals surface area contributed by atoms with Gasteiger partial charge < -0.3 is 10.1 Å². The molecule has 1 aliphatic heterocycles. The Morgan fingerprint density at radius 2 is 2.22 bits per heavy atom. The molecule has 1 heterocycles. The molecular weight excluding hydrogens is 290 g/mol. The van der Waals surface area contributed by atoms with Crippen LogP contribution in [0.4, 0.5) is 5.69 Å². The minimum Gasteiger partial charge on any atom is -0.382 e. The second kappa shape index (κ2) is 4.86. The van der Waals surface area contributed by atoms with E-state index in [0.29, 0.717) is 6.04 Å². The van der Waals surface area contributed by atoms with Gasteiger partial charge in [0.2, 0.25) is 0 Å². The molecule has 18 heavy (non-hydrogen) atoms. The normalized spacial score (nSPS) is 25.8. The van der Waals surface area contributed by atoms with Crippen LogP contribution < -0.4 is 5.32 Å². The van der Waals surface area contributed by atoms with Gasteiger partial charge in [-0.3, -0.25) is 0 Å². The number of benzene rings is 1. The van der Waals surface area contributed by atoms with Crippen LogP contribution in [0.1, 0.15) is 37.7 Å². The highest BCUT2D eigenvalue weighted by atomic mass is 79.9. The lowest BCUT2D eigenvalue weighted by Gasteiger charge is -2.47. The van der Waals surface area contributed by atoms with Gasteiger partial charge in [-0.25, -0.2) is 0 Å². The quantitative estimate of drug-likeness (QED) is 0.881. The molecule has 0 amide bonds. The van der Waals surface area contributed by atoms with E-state index in [1.807, 2.05) is 0 Å². The maximum Gasteiger partial charge on any atom is 0.0702 e. The summed E-state index contributed by atoms with van der Waals surface area (Å²) < 4.78 is 7.14. The summed E-state index contributed by atoms with van der Waals surface area (Å²) in [6.45, 7) is 3.04. The lowest BCUT2D eigenvalue weighted by atomic mass is 9.74. The maximum atomic E-state index is 5.96. The summed E-state index contributed by atoms with van der Waals surface area (Å²) in [5.74, 6) is 0. The average Bonchev–Trinajstić information content (AvgIpc) is 2.32. The molecule has 1 unspecified atom stereocenters. The molecule has 1 aromatic carbocycles. The van der Waals surface area contributed by atoms with Gasteiger partial charge in [0, 0.05) is 22.8 Å². The van der Waals surface area contributed by atoms with Crippen molar-refractivity contribution in [1.82, 2.24) is 0 Å². The third-order valence-electron chi connectivity index (χ3n) is 4.29. The van der Waals surface area contributed by atoms with Gasteiger partial charge in [-0.15, -0.1) is 0 Å². The van der Waals surface area contributed by atoms with Crippen LogP contribution in [0.25, 0.3) is 0 Å². The molecule has 98 valence electrons. The van der Waals surface area contributed by atoms with Crippen LogP contribution >= 0.6 is 15.9 Å². The Bertz CT molecular complexity index is 442. The first-order valence-electron chi connectivity index (χ1n) is 6.84. The highest BCUT2D eigenvalue weighted by molar-refractivity contribution is 9.10. The first-order chi connectivity index (χ1) is 8.67. The molecule has 0 radical (unpaired) electrons. The molecule has 1 spiro atoms. The second-order valence-electron chi connectivity index (χ2n) is 5.68. The zero-order valence-electron chi connectivity index (χ0n) is 10.8. The third-order valence-corrected chi connectivity index (χ3v) is 5.18. The summed E-state index contributed by atoms with van der Waals surface area (Å²) in [5, 5.41) is 3.67. The minimum absolute atomic E-state index is 0.223. The fraction of sp³-hybridized carbons (Fsp3) is 0.600. The molecule has 1 aromatic rings. The number of aryl methyl sites for hydroxylation is 1. The molecule has 3 rings (SSSR count). The monoisotopic (exact) mass is 309 g/mol. The van der Waals surface area contributed by atoms with Gasteiger partial charge in [-0.2, -0.15) is 0 Å². The van der Waals surface area contributed by atoms with Crippen LogP contribution in [0.15, 0.2) is 22.7 Å². The molecule has 1 atom stereocenters. The lowest BCUT2D eigenvalue weighted by molar-refractivity contribution is -0.130. The van der Waals surface area contributed by atoms with E-state index in [1.54, 1.807) is 0 Å². The summed E-state index contributed by atoms with van der Waals surface area (Å²) in [4.78, 5) is 0. The SMILES string of the molecule is Cc1cc(NC2CCOC3(CCC3)C2)ccc1Br. The summed E-state index contributed by atoms with van der Waals surface area (Å²) in [5.41, 5.74) is 2.74. The Labute approximate surface area is 117 Å². The van der Waals surface area contributed by atoms with Crippen molar-refractivity contribution in [2.75, 3.05) is 11.9 Å². The lowest BCUT2D eigenvalue weighted by Crippen LogP contribution is -2.49. The molecular formula is C15H20BrNO. The first-order valence-corrected chi connectivity index (χ1v) is 7.63. The van der Waals surface area contributed by atoms with E-state index < -0.39 is 0 Å². The molecule has 1 saturated heterocycles. The minimum atomic E-state index is 0.223. The Morgan fingerprint density at radius 1 is 1.39 bits per heavy atom. The van der Waals surface area contributed by atoms with Crippen molar-refractivity contribution in [2.45, 2.75) is 50.7 Å². The van der Waals surface area contributed by atoms with Gasteiger partial charge in [0.1, 0.15) is 0 Å². The van der Waals surface area contributed by atoms with E-state index >= 15 is 0 Å². The van der Waals surface area contributed by atoms with Crippen LogP contribution in [-0.2, 0) is 4.74 Å². The smallest absolute Gasteiger partial charge is 0.0702 e. The summed E-state index contributed by atoms with van der Waals surface area (Å²) in [7, 11) is 0. The van der Waals surface area contributed by atoms with Crippen molar-refractivity contribution >= 4 is 21.6 Å². The van der Waals surface area contributed by atoms with Crippen LogP contribution in [0.2, 0.25) is 0 Å². The standard InChI is InChI=1S/C15H20BrNO/c1-11-9-12(3-4-14(11)16)17-13-5-8-18-15(10-13)6-2-7-15/h3-4,9,13,17H,2,5-8,10H2,1H3. The predicted molar refractivity (Wildman–Crippen MR) is 78.1 cm³/mol. The van der Waals surface area contributed by atoms with Gasteiger partial charge in [0.15, 0.2) is 0 Å². The van der Waals surface area contributed by atoms with E-state index in [0.717, 1.165) is 13.0 Å². The Hall–Kier alpha value is -0.540. The number of ether oxygens (including phenoxy) is 1. The van der Waals surface area contributed by atoms with Gasteiger partial charge >= 0.3 is 0 Å². The topological polar surface area (TPSA) is 21.3 Å². The molecule has 2 fully saturated rings. The predicted octanol–water partition coefficient (Wildman–Crippen LogP) is 4.27. The van der Waals surface area contributed by atoms with E-state index in [9.17, 15) is 0 Å². The van der Waals surface area contributed by atoms with Crippen LogP contribution in [0.3, 0.4) is 0 Å². The van der Waals surface area contributed by atoms with E-state index in [1.165, 1.54) is 41.4 Å². The summed E-state index contributed by atoms with van der Waals surface area (Å²) in [6, 6.07) is 7.06. The van der Waals surface area contributed by atoms with Crippen LogP contribution in [0.5, 0.6) is 0 Å². The van der Waals surface area contributed by atoms with E-state index in [-0.39, 0.29) is 5.60 Å². The third kappa shape index (κ3) is 2.43. The number of halogens is 1. The van der Waals surface area contributed by atoms with Crippen molar-refractivity contribution < 1.29 is 4.74 Å². The molecule has 2 aliphatic rings. The van der Waals surface area contributed by atoms with Gasteiger partial charge in [0.25, 0.3) is 0 Å². The van der Waals surface area contributed by atoms with Crippen molar-refractivity contribution in [3.05, 3.63) is 28.2 Å². The number of rotatable bonds is 2.